The van der Waals surface area contributed by atoms with E-state index < -0.39 is 6.09 Å². The Labute approximate surface area is 85.3 Å². The molecule has 0 aromatic carbocycles. The number of carbonyl (C=O) groups excluding carboxylic acids is 1. The normalized spacial score (nSPS) is 18.3. The molecule has 0 aliphatic heterocycles. The molecule has 1 saturated carbocycles. The number of rotatable bonds is 1. The fraction of sp³-hybridized carbons (Fsp3) is 0.900. The van der Waals surface area contributed by atoms with Gasteiger partial charge in [-0.25, -0.2) is 4.79 Å². The van der Waals surface area contributed by atoms with Crippen molar-refractivity contribution in [1.29, 1.82) is 0 Å². The van der Waals surface area contributed by atoms with Crippen LogP contribution in [0.25, 0.3) is 0 Å². The van der Waals surface area contributed by atoms with Crippen molar-refractivity contribution in [1.82, 2.24) is 4.90 Å². The molecule has 4 heteroatoms. The molecule has 0 unspecified atom stereocenters. The lowest BCUT2D eigenvalue weighted by atomic mass is 10.0. The minimum atomic E-state index is -0.413. The number of carbonyl (C=O) groups is 1. The Morgan fingerprint density at radius 2 is 1.86 bits per heavy atom. The summed E-state index contributed by atoms with van der Waals surface area (Å²) in [7, 11) is 0. The maximum atomic E-state index is 11.5. The summed E-state index contributed by atoms with van der Waals surface area (Å²) in [6.07, 6.45) is 4.09. The second-order valence-electron chi connectivity index (χ2n) is 4.86. The van der Waals surface area contributed by atoms with Crippen molar-refractivity contribution < 1.29 is 9.63 Å². The summed E-state index contributed by atoms with van der Waals surface area (Å²) in [5.41, 5.74) is -0.217. The summed E-state index contributed by atoms with van der Waals surface area (Å²) in [5, 5.41) is 0. The number of amides is 1. The second-order valence-corrected chi connectivity index (χ2v) is 4.86. The van der Waals surface area contributed by atoms with Gasteiger partial charge < -0.3 is 4.84 Å². The average molecular weight is 200 g/mol. The third-order valence-corrected chi connectivity index (χ3v) is 2.71. The fourth-order valence-electron chi connectivity index (χ4n) is 2.19. The van der Waals surface area contributed by atoms with E-state index in [1.54, 1.807) is 4.90 Å². The van der Waals surface area contributed by atoms with E-state index in [0.717, 1.165) is 12.8 Å². The van der Waals surface area contributed by atoms with Crippen LogP contribution in [0.4, 0.5) is 4.79 Å². The molecule has 1 amide bonds. The quantitative estimate of drug-likeness (QED) is 0.659. The first-order valence-corrected chi connectivity index (χ1v) is 5.17. The number of nitrogens with two attached hydrogens (primary N) is 1. The Morgan fingerprint density at radius 3 is 2.21 bits per heavy atom. The minimum Gasteiger partial charge on any atom is -0.357 e. The largest absolute Gasteiger partial charge is 0.429 e. The Hall–Kier alpha value is -0.770. The van der Waals surface area contributed by atoms with E-state index in [9.17, 15) is 4.79 Å². The monoisotopic (exact) mass is 200 g/mol. The van der Waals surface area contributed by atoms with Crippen LogP contribution in [0.2, 0.25) is 0 Å². The van der Waals surface area contributed by atoms with Crippen molar-refractivity contribution in [3.63, 3.8) is 0 Å². The van der Waals surface area contributed by atoms with Gasteiger partial charge in [0.15, 0.2) is 0 Å². The molecule has 2 N–H and O–H groups in total. The molecule has 0 saturated heterocycles. The summed E-state index contributed by atoms with van der Waals surface area (Å²) in [4.78, 5) is 17.6. The van der Waals surface area contributed by atoms with Crippen molar-refractivity contribution in [2.24, 2.45) is 5.90 Å². The SMILES string of the molecule is CC(C)(C)N(C(=O)ON)C1CCCC1. The predicted molar refractivity (Wildman–Crippen MR) is 54.5 cm³/mol. The highest BCUT2D eigenvalue weighted by Crippen LogP contribution is 2.29. The molecular formula is C10H20N2O2. The lowest BCUT2D eigenvalue weighted by Crippen LogP contribution is -2.51. The molecule has 0 bridgehead atoms. The molecule has 0 atom stereocenters. The van der Waals surface area contributed by atoms with Gasteiger partial charge >= 0.3 is 6.09 Å². The maximum Gasteiger partial charge on any atom is 0.429 e. The summed E-state index contributed by atoms with van der Waals surface area (Å²) in [5.74, 6) is 4.95. The van der Waals surface area contributed by atoms with Gasteiger partial charge in [-0.2, -0.15) is 5.90 Å². The van der Waals surface area contributed by atoms with Crippen LogP contribution in [0.3, 0.4) is 0 Å². The zero-order valence-corrected chi connectivity index (χ0v) is 9.25. The Morgan fingerprint density at radius 1 is 1.36 bits per heavy atom. The van der Waals surface area contributed by atoms with Crippen LogP contribution in [-0.2, 0) is 4.84 Å². The fourth-order valence-corrected chi connectivity index (χ4v) is 2.19. The van der Waals surface area contributed by atoms with Crippen LogP contribution in [0, 0.1) is 0 Å². The third-order valence-electron chi connectivity index (χ3n) is 2.71. The predicted octanol–water partition coefficient (Wildman–Crippen LogP) is 2.04. The molecule has 1 fully saturated rings. The second kappa shape index (κ2) is 4.17. The molecule has 0 spiro atoms. The van der Waals surface area contributed by atoms with Gasteiger partial charge in [0.2, 0.25) is 0 Å². The number of hydrogen-bond donors (Lipinski definition) is 1. The molecule has 0 radical (unpaired) electrons. The topological polar surface area (TPSA) is 55.6 Å². The molecule has 14 heavy (non-hydrogen) atoms. The summed E-state index contributed by atoms with van der Waals surface area (Å²) in [6.45, 7) is 6.01. The first kappa shape index (κ1) is 11.3. The molecule has 82 valence electrons. The Balaban J connectivity index is 2.75. The third kappa shape index (κ3) is 2.38. The molecule has 0 aromatic rings. The smallest absolute Gasteiger partial charge is 0.357 e. The van der Waals surface area contributed by atoms with E-state index in [1.807, 2.05) is 20.8 Å². The van der Waals surface area contributed by atoms with Crippen LogP contribution in [0.5, 0.6) is 0 Å². The van der Waals surface area contributed by atoms with E-state index in [2.05, 4.69) is 4.84 Å². The van der Waals surface area contributed by atoms with E-state index in [4.69, 9.17) is 5.90 Å². The van der Waals surface area contributed by atoms with Crippen molar-refractivity contribution in [3.8, 4) is 0 Å². The number of nitrogens with zero attached hydrogens (tertiary/aromatic N) is 1. The van der Waals surface area contributed by atoms with Gasteiger partial charge in [-0.3, -0.25) is 4.90 Å². The van der Waals surface area contributed by atoms with Crippen LogP contribution in [0.15, 0.2) is 0 Å². The van der Waals surface area contributed by atoms with Gasteiger partial charge in [0.05, 0.1) is 0 Å². The van der Waals surface area contributed by atoms with Gasteiger partial charge in [0, 0.05) is 11.6 Å². The van der Waals surface area contributed by atoms with E-state index in [0.29, 0.717) is 6.04 Å². The lowest BCUT2D eigenvalue weighted by molar-refractivity contribution is 0.0450. The van der Waals surface area contributed by atoms with Crippen LogP contribution in [-0.4, -0.2) is 22.6 Å². The number of hydrogen-bond acceptors (Lipinski definition) is 3. The lowest BCUT2D eigenvalue weighted by Gasteiger charge is -2.38. The summed E-state index contributed by atoms with van der Waals surface area (Å²) in [6, 6.07) is 0.297. The minimum absolute atomic E-state index is 0.217. The first-order valence-electron chi connectivity index (χ1n) is 5.17. The van der Waals surface area contributed by atoms with E-state index in [1.165, 1.54) is 12.8 Å². The van der Waals surface area contributed by atoms with Crippen molar-refractivity contribution in [3.05, 3.63) is 0 Å². The van der Waals surface area contributed by atoms with E-state index >= 15 is 0 Å². The standard InChI is InChI=1S/C10H20N2O2/c1-10(2,3)12(9(13)14-11)8-6-4-5-7-8/h8H,4-7,11H2,1-3H3. The Kier molecular flexibility index (Phi) is 3.37. The maximum absolute atomic E-state index is 11.5. The average Bonchev–Trinajstić information content (AvgIpc) is 2.54. The molecule has 0 aromatic heterocycles. The highest BCUT2D eigenvalue weighted by molar-refractivity contribution is 5.68. The van der Waals surface area contributed by atoms with Gasteiger partial charge in [0.1, 0.15) is 0 Å². The van der Waals surface area contributed by atoms with Gasteiger partial charge in [-0.05, 0) is 33.6 Å². The molecule has 1 rings (SSSR count). The zero-order valence-electron chi connectivity index (χ0n) is 9.25. The van der Waals surface area contributed by atoms with Crippen molar-refractivity contribution in [2.45, 2.75) is 58.0 Å². The van der Waals surface area contributed by atoms with Gasteiger partial charge in [-0.15, -0.1) is 0 Å². The van der Waals surface area contributed by atoms with Gasteiger partial charge in [0.25, 0.3) is 0 Å². The highest BCUT2D eigenvalue weighted by atomic mass is 16.7. The van der Waals surface area contributed by atoms with E-state index in [-0.39, 0.29) is 5.54 Å². The molecule has 1 aliphatic carbocycles. The van der Waals surface area contributed by atoms with Crippen LogP contribution in [0.1, 0.15) is 46.5 Å². The molecular weight excluding hydrogens is 180 g/mol. The van der Waals surface area contributed by atoms with Crippen LogP contribution >= 0.6 is 0 Å². The highest BCUT2D eigenvalue weighted by Gasteiger charge is 2.35. The molecule has 0 heterocycles. The Bertz CT molecular complexity index is 205. The molecule has 1 aliphatic rings. The summed E-state index contributed by atoms with van der Waals surface area (Å²) < 4.78 is 0. The summed E-state index contributed by atoms with van der Waals surface area (Å²) >= 11 is 0. The zero-order chi connectivity index (χ0) is 10.8. The van der Waals surface area contributed by atoms with Gasteiger partial charge in [-0.1, -0.05) is 12.8 Å². The van der Waals surface area contributed by atoms with Crippen LogP contribution < -0.4 is 5.90 Å². The van der Waals surface area contributed by atoms with Crippen molar-refractivity contribution >= 4 is 6.09 Å². The molecule has 4 nitrogen and oxygen atoms in total. The van der Waals surface area contributed by atoms with Crippen molar-refractivity contribution in [2.75, 3.05) is 0 Å². The first-order chi connectivity index (χ1) is 6.46.